The van der Waals surface area contributed by atoms with Crippen LogP contribution in [0.5, 0.6) is 0 Å². The summed E-state index contributed by atoms with van der Waals surface area (Å²) in [6, 6.07) is 3.10. The van der Waals surface area contributed by atoms with Gasteiger partial charge in [-0.1, -0.05) is 19.3 Å². The first-order chi connectivity index (χ1) is 9.58. The second-order valence-corrected chi connectivity index (χ2v) is 5.13. The third kappa shape index (κ3) is 3.53. The van der Waals surface area contributed by atoms with Crippen molar-refractivity contribution < 1.29 is 19.1 Å². The Bertz CT molecular complexity index is 477. The minimum absolute atomic E-state index is 0.116. The number of nitrogens with zero attached hydrogens (tertiary/aromatic N) is 1. The summed E-state index contributed by atoms with van der Waals surface area (Å²) in [4.78, 5) is 24.4. The lowest BCUT2D eigenvalue weighted by molar-refractivity contribution is 0.0660. The highest BCUT2D eigenvalue weighted by Gasteiger charge is 2.22. The summed E-state index contributed by atoms with van der Waals surface area (Å²) in [6.07, 6.45) is 5.68. The third-order valence-electron chi connectivity index (χ3n) is 3.73. The molecule has 1 aromatic heterocycles. The lowest BCUT2D eigenvalue weighted by Gasteiger charge is -2.31. The Hall–Kier alpha value is -1.98. The van der Waals surface area contributed by atoms with Crippen LogP contribution in [0.4, 0.5) is 4.79 Å². The fourth-order valence-electron chi connectivity index (χ4n) is 2.51. The number of carbonyl (C=O) groups excluding carboxylic acids is 1. The molecule has 0 bridgehead atoms. The molecule has 0 unspecified atom stereocenters. The van der Waals surface area contributed by atoms with E-state index in [-0.39, 0.29) is 18.3 Å². The summed E-state index contributed by atoms with van der Waals surface area (Å²) in [7, 11) is 1.80. The second-order valence-electron chi connectivity index (χ2n) is 5.13. The van der Waals surface area contributed by atoms with Gasteiger partial charge in [-0.25, -0.2) is 9.59 Å². The van der Waals surface area contributed by atoms with Crippen LogP contribution >= 0.6 is 0 Å². The normalized spacial score (nSPS) is 15.8. The Balaban J connectivity index is 1.82. The molecule has 6 heteroatoms. The van der Waals surface area contributed by atoms with Crippen LogP contribution in [-0.2, 0) is 6.54 Å². The van der Waals surface area contributed by atoms with E-state index >= 15 is 0 Å². The maximum atomic E-state index is 12.0. The molecule has 20 heavy (non-hydrogen) atoms. The molecule has 2 N–H and O–H groups in total. The maximum absolute atomic E-state index is 12.0. The van der Waals surface area contributed by atoms with Crippen LogP contribution in [0.2, 0.25) is 0 Å². The highest BCUT2D eigenvalue weighted by molar-refractivity contribution is 5.84. The number of carboxylic acid groups (broad SMARTS) is 1. The molecule has 110 valence electrons. The van der Waals surface area contributed by atoms with E-state index in [1.807, 2.05) is 0 Å². The molecular weight excluding hydrogens is 260 g/mol. The zero-order chi connectivity index (χ0) is 14.5. The van der Waals surface area contributed by atoms with Crippen molar-refractivity contribution in [3.63, 3.8) is 0 Å². The van der Waals surface area contributed by atoms with Crippen molar-refractivity contribution in [3.8, 4) is 0 Å². The highest BCUT2D eigenvalue weighted by atomic mass is 16.4. The number of hydrogen-bond donors (Lipinski definition) is 2. The molecule has 0 atom stereocenters. The van der Waals surface area contributed by atoms with E-state index in [1.54, 1.807) is 18.0 Å². The third-order valence-corrected chi connectivity index (χ3v) is 3.73. The smallest absolute Gasteiger partial charge is 0.371 e. The predicted molar refractivity (Wildman–Crippen MR) is 72.5 cm³/mol. The van der Waals surface area contributed by atoms with Gasteiger partial charge in [0.15, 0.2) is 0 Å². The highest BCUT2D eigenvalue weighted by Crippen LogP contribution is 2.21. The van der Waals surface area contributed by atoms with Crippen molar-refractivity contribution in [2.75, 3.05) is 7.05 Å². The van der Waals surface area contributed by atoms with E-state index in [0.29, 0.717) is 11.8 Å². The van der Waals surface area contributed by atoms with Crippen molar-refractivity contribution in [1.29, 1.82) is 0 Å². The number of urea groups is 1. The first-order valence-electron chi connectivity index (χ1n) is 6.90. The summed E-state index contributed by atoms with van der Waals surface area (Å²) >= 11 is 0. The molecule has 1 heterocycles. The van der Waals surface area contributed by atoms with Gasteiger partial charge in [0, 0.05) is 13.1 Å². The summed E-state index contributed by atoms with van der Waals surface area (Å²) < 4.78 is 5.09. The molecule has 0 spiro atoms. The van der Waals surface area contributed by atoms with E-state index in [9.17, 15) is 9.59 Å². The van der Waals surface area contributed by atoms with Crippen molar-refractivity contribution in [2.45, 2.75) is 44.7 Å². The van der Waals surface area contributed by atoms with Crippen LogP contribution in [0.1, 0.15) is 48.4 Å². The van der Waals surface area contributed by atoms with Crippen LogP contribution in [0.3, 0.4) is 0 Å². The van der Waals surface area contributed by atoms with Gasteiger partial charge in [-0.3, -0.25) is 0 Å². The Morgan fingerprint density at radius 1 is 1.35 bits per heavy atom. The quantitative estimate of drug-likeness (QED) is 0.887. The number of carbonyl (C=O) groups is 2. The molecule has 1 saturated carbocycles. The molecule has 6 nitrogen and oxygen atoms in total. The molecule has 1 aromatic rings. The van der Waals surface area contributed by atoms with Crippen LogP contribution in [0, 0.1) is 0 Å². The van der Waals surface area contributed by atoms with Gasteiger partial charge in [-0.15, -0.1) is 0 Å². The van der Waals surface area contributed by atoms with Gasteiger partial charge in [0.05, 0.1) is 6.54 Å². The van der Waals surface area contributed by atoms with Gasteiger partial charge in [0.2, 0.25) is 5.76 Å². The number of furan rings is 1. The maximum Gasteiger partial charge on any atom is 0.371 e. The number of carboxylic acids is 1. The SMILES string of the molecule is CN(C(=O)NCc1ccc(C(=O)O)o1)C1CCCCC1. The van der Waals surface area contributed by atoms with Crippen LogP contribution in [-0.4, -0.2) is 35.1 Å². The Morgan fingerprint density at radius 2 is 2.05 bits per heavy atom. The first-order valence-corrected chi connectivity index (χ1v) is 6.90. The van der Waals surface area contributed by atoms with Gasteiger partial charge in [0.1, 0.15) is 5.76 Å². The first kappa shape index (κ1) is 14.4. The van der Waals surface area contributed by atoms with Crippen LogP contribution in [0.15, 0.2) is 16.5 Å². The van der Waals surface area contributed by atoms with E-state index in [4.69, 9.17) is 9.52 Å². The summed E-state index contributed by atoms with van der Waals surface area (Å²) in [6.45, 7) is 0.198. The second kappa shape index (κ2) is 6.45. The van der Waals surface area contributed by atoms with E-state index in [1.165, 1.54) is 25.3 Å². The molecule has 0 radical (unpaired) electrons. The zero-order valence-corrected chi connectivity index (χ0v) is 11.6. The molecule has 1 fully saturated rings. The summed E-state index contributed by atoms with van der Waals surface area (Å²) in [5, 5.41) is 11.5. The largest absolute Gasteiger partial charge is 0.475 e. The summed E-state index contributed by atoms with van der Waals surface area (Å²) in [5.74, 6) is -0.787. The fraction of sp³-hybridized carbons (Fsp3) is 0.571. The molecular formula is C14H20N2O4. The number of rotatable bonds is 4. The van der Waals surface area contributed by atoms with Gasteiger partial charge < -0.3 is 19.7 Å². The Kier molecular flexibility index (Phi) is 4.65. The molecule has 0 saturated heterocycles. The number of amides is 2. The average molecular weight is 280 g/mol. The fourth-order valence-corrected chi connectivity index (χ4v) is 2.51. The van der Waals surface area contributed by atoms with Crippen molar-refractivity contribution in [3.05, 3.63) is 23.7 Å². The lowest BCUT2D eigenvalue weighted by Crippen LogP contribution is -2.44. The van der Waals surface area contributed by atoms with E-state index in [2.05, 4.69) is 5.32 Å². The van der Waals surface area contributed by atoms with Crippen LogP contribution in [0.25, 0.3) is 0 Å². The van der Waals surface area contributed by atoms with Crippen molar-refractivity contribution in [2.24, 2.45) is 0 Å². The number of nitrogens with one attached hydrogen (secondary N) is 1. The molecule has 1 aliphatic carbocycles. The van der Waals surface area contributed by atoms with Gasteiger partial charge in [-0.05, 0) is 25.0 Å². The molecule has 1 aliphatic rings. The lowest BCUT2D eigenvalue weighted by atomic mass is 9.95. The molecule has 2 amide bonds. The number of hydrogen-bond acceptors (Lipinski definition) is 3. The van der Waals surface area contributed by atoms with Gasteiger partial charge >= 0.3 is 12.0 Å². The molecule has 0 aromatic carbocycles. The standard InChI is InChI=1S/C14H20N2O4/c1-16(10-5-3-2-4-6-10)14(19)15-9-11-7-8-12(20-11)13(17)18/h7-8,10H,2-6,9H2,1H3,(H,15,19)(H,17,18). The molecule has 0 aliphatic heterocycles. The van der Waals surface area contributed by atoms with Crippen molar-refractivity contribution in [1.82, 2.24) is 10.2 Å². The topological polar surface area (TPSA) is 82.8 Å². The zero-order valence-electron chi connectivity index (χ0n) is 11.6. The predicted octanol–water partition coefficient (Wildman–Crippen LogP) is 2.45. The minimum atomic E-state index is -1.11. The average Bonchev–Trinajstić information content (AvgIpc) is 2.94. The van der Waals surface area contributed by atoms with Crippen LogP contribution < -0.4 is 5.32 Å². The van der Waals surface area contributed by atoms with E-state index < -0.39 is 5.97 Å². The summed E-state index contributed by atoms with van der Waals surface area (Å²) in [5.41, 5.74) is 0. The van der Waals surface area contributed by atoms with E-state index in [0.717, 1.165) is 12.8 Å². The van der Waals surface area contributed by atoms with Gasteiger partial charge in [0.25, 0.3) is 0 Å². The number of aromatic carboxylic acids is 1. The van der Waals surface area contributed by atoms with Crippen molar-refractivity contribution >= 4 is 12.0 Å². The Labute approximate surface area is 117 Å². The monoisotopic (exact) mass is 280 g/mol. The Morgan fingerprint density at radius 3 is 2.65 bits per heavy atom. The van der Waals surface area contributed by atoms with Gasteiger partial charge in [-0.2, -0.15) is 0 Å². The molecule has 2 rings (SSSR count). The minimum Gasteiger partial charge on any atom is -0.475 e.